The first-order chi connectivity index (χ1) is 9.20. The summed E-state index contributed by atoms with van der Waals surface area (Å²) in [6.07, 6.45) is 1.22. The van der Waals surface area contributed by atoms with Crippen LogP contribution in [0.2, 0.25) is 0 Å². The van der Waals surface area contributed by atoms with E-state index in [0.29, 0.717) is 6.04 Å². The van der Waals surface area contributed by atoms with Crippen molar-refractivity contribution in [2.75, 3.05) is 11.9 Å². The molecule has 0 aliphatic rings. The Bertz CT molecular complexity index is 404. The van der Waals surface area contributed by atoms with Gasteiger partial charge in [-0.2, -0.15) is 0 Å². The number of nitrogens with one attached hydrogen (secondary N) is 1. The summed E-state index contributed by atoms with van der Waals surface area (Å²) in [6, 6.07) is 9.28. The Labute approximate surface area is 125 Å². The van der Waals surface area contributed by atoms with Gasteiger partial charge in [-0.15, -0.1) is 0 Å². The zero-order valence-electron chi connectivity index (χ0n) is 14.3. The predicted molar refractivity (Wildman–Crippen MR) is 90.4 cm³/mol. The SMILES string of the molecule is CC(C)CC(C)N(C)c1ccccc1CNC(C)(C)C. The summed E-state index contributed by atoms with van der Waals surface area (Å²) in [5.74, 6) is 0.729. The monoisotopic (exact) mass is 276 g/mol. The zero-order valence-corrected chi connectivity index (χ0v) is 14.3. The van der Waals surface area contributed by atoms with E-state index in [1.165, 1.54) is 17.7 Å². The highest BCUT2D eigenvalue weighted by Crippen LogP contribution is 2.23. The molecule has 1 N–H and O–H groups in total. The summed E-state index contributed by atoms with van der Waals surface area (Å²) in [4.78, 5) is 2.42. The van der Waals surface area contributed by atoms with Gasteiger partial charge in [-0.25, -0.2) is 0 Å². The van der Waals surface area contributed by atoms with Gasteiger partial charge in [0.15, 0.2) is 0 Å². The Morgan fingerprint density at radius 3 is 2.25 bits per heavy atom. The van der Waals surface area contributed by atoms with Crippen LogP contribution in [0.1, 0.15) is 53.5 Å². The molecule has 0 amide bonds. The van der Waals surface area contributed by atoms with E-state index in [1.54, 1.807) is 0 Å². The molecule has 0 aliphatic carbocycles. The average molecular weight is 276 g/mol. The maximum absolute atomic E-state index is 3.59. The lowest BCUT2D eigenvalue weighted by molar-refractivity contribution is 0.424. The second-order valence-corrected chi connectivity index (χ2v) is 7.32. The van der Waals surface area contributed by atoms with E-state index in [1.807, 2.05) is 0 Å². The Kier molecular flexibility index (Phi) is 6.07. The van der Waals surface area contributed by atoms with Crippen LogP contribution in [0.3, 0.4) is 0 Å². The lowest BCUT2D eigenvalue weighted by Crippen LogP contribution is -2.36. The maximum atomic E-state index is 3.59. The fraction of sp³-hybridized carbons (Fsp3) is 0.667. The lowest BCUT2D eigenvalue weighted by atomic mass is 10.0. The predicted octanol–water partition coefficient (Wildman–Crippen LogP) is 4.45. The molecule has 2 heteroatoms. The minimum atomic E-state index is 0.148. The van der Waals surface area contributed by atoms with Crippen molar-refractivity contribution < 1.29 is 0 Å². The number of hydrogen-bond donors (Lipinski definition) is 1. The third kappa shape index (κ3) is 5.54. The number of para-hydroxylation sites is 1. The highest BCUT2D eigenvalue weighted by Gasteiger charge is 2.16. The quantitative estimate of drug-likeness (QED) is 0.826. The van der Waals surface area contributed by atoms with Gasteiger partial charge in [-0.05, 0) is 51.7 Å². The molecule has 114 valence electrons. The molecule has 1 unspecified atom stereocenters. The largest absolute Gasteiger partial charge is 0.372 e. The highest BCUT2D eigenvalue weighted by atomic mass is 15.1. The van der Waals surface area contributed by atoms with Crippen LogP contribution in [0.25, 0.3) is 0 Å². The molecule has 0 heterocycles. The van der Waals surface area contributed by atoms with E-state index >= 15 is 0 Å². The van der Waals surface area contributed by atoms with Gasteiger partial charge in [0.05, 0.1) is 0 Å². The summed E-state index contributed by atoms with van der Waals surface area (Å²) in [7, 11) is 2.21. The van der Waals surface area contributed by atoms with E-state index in [-0.39, 0.29) is 5.54 Å². The molecule has 0 radical (unpaired) electrons. The van der Waals surface area contributed by atoms with Crippen LogP contribution in [0.15, 0.2) is 24.3 Å². The molecule has 0 saturated heterocycles. The summed E-state index contributed by atoms with van der Waals surface area (Å²) >= 11 is 0. The normalized spacial score (nSPS) is 13.6. The molecule has 0 bridgehead atoms. The molecule has 0 aliphatic heterocycles. The first-order valence-corrected chi connectivity index (χ1v) is 7.76. The minimum absolute atomic E-state index is 0.148. The maximum Gasteiger partial charge on any atom is 0.0411 e. The molecule has 0 spiro atoms. The lowest BCUT2D eigenvalue weighted by Gasteiger charge is -2.31. The summed E-state index contributed by atoms with van der Waals surface area (Å²) in [5.41, 5.74) is 2.87. The summed E-state index contributed by atoms with van der Waals surface area (Å²) in [5, 5.41) is 3.59. The molecule has 1 aromatic carbocycles. The number of nitrogens with zero attached hydrogens (tertiary/aromatic N) is 1. The Morgan fingerprint density at radius 1 is 1.10 bits per heavy atom. The first kappa shape index (κ1) is 17.0. The molecule has 2 nitrogen and oxygen atoms in total. The molecule has 1 aromatic rings. The third-order valence-electron chi connectivity index (χ3n) is 3.65. The van der Waals surface area contributed by atoms with E-state index in [0.717, 1.165) is 12.5 Å². The number of rotatable bonds is 6. The van der Waals surface area contributed by atoms with Gasteiger partial charge >= 0.3 is 0 Å². The molecule has 20 heavy (non-hydrogen) atoms. The summed E-state index contributed by atoms with van der Waals surface area (Å²) in [6.45, 7) is 14.4. The topological polar surface area (TPSA) is 15.3 Å². The Balaban J connectivity index is 2.83. The second-order valence-electron chi connectivity index (χ2n) is 7.32. The van der Waals surface area contributed by atoms with Crippen molar-refractivity contribution in [2.45, 2.75) is 66.1 Å². The smallest absolute Gasteiger partial charge is 0.0411 e. The summed E-state index contributed by atoms with van der Waals surface area (Å²) < 4.78 is 0. The number of anilines is 1. The van der Waals surface area contributed by atoms with Gasteiger partial charge in [0.25, 0.3) is 0 Å². The van der Waals surface area contributed by atoms with Crippen molar-refractivity contribution in [2.24, 2.45) is 5.92 Å². The van der Waals surface area contributed by atoms with Crippen LogP contribution in [0, 0.1) is 5.92 Å². The van der Waals surface area contributed by atoms with Crippen LogP contribution in [0.4, 0.5) is 5.69 Å². The first-order valence-electron chi connectivity index (χ1n) is 7.76. The second kappa shape index (κ2) is 7.12. The number of benzene rings is 1. The van der Waals surface area contributed by atoms with Crippen LogP contribution in [0.5, 0.6) is 0 Å². The third-order valence-corrected chi connectivity index (χ3v) is 3.65. The van der Waals surface area contributed by atoms with Gasteiger partial charge in [-0.1, -0.05) is 32.0 Å². The molecular formula is C18H32N2. The zero-order chi connectivity index (χ0) is 15.3. The molecule has 0 fully saturated rings. The van der Waals surface area contributed by atoms with Crippen LogP contribution < -0.4 is 10.2 Å². The fourth-order valence-electron chi connectivity index (χ4n) is 2.44. The van der Waals surface area contributed by atoms with E-state index in [4.69, 9.17) is 0 Å². The molecule has 0 saturated carbocycles. The standard InChI is InChI=1S/C18H32N2/c1-14(2)12-15(3)20(7)17-11-9-8-10-16(17)13-19-18(4,5)6/h8-11,14-15,19H,12-13H2,1-7H3. The van der Waals surface area contributed by atoms with E-state index < -0.39 is 0 Å². The van der Waals surface area contributed by atoms with Crippen molar-refractivity contribution in [3.05, 3.63) is 29.8 Å². The van der Waals surface area contributed by atoms with Crippen LogP contribution >= 0.6 is 0 Å². The van der Waals surface area contributed by atoms with Gasteiger partial charge in [0, 0.05) is 30.9 Å². The highest BCUT2D eigenvalue weighted by molar-refractivity contribution is 5.53. The van der Waals surface area contributed by atoms with Gasteiger partial charge in [0.1, 0.15) is 0 Å². The van der Waals surface area contributed by atoms with Crippen molar-refractivity contribution >= 4 is 5.69 Å². The Morgan fingerprint density at radius 2 is 1.70 bits per heavy atom. The Hall–Kier alpha value is -1.02. The molecule has 0 aromatic heterocycles. The van der Waals surface area contributed by atoms with Crippen molar-refractivity contribution in [3.8, 4) is 0 Å². The molecule has 1 atom stereocenters. The van der Waals surface area contributed by atoms with Gasteiger partial charge in [0.2, 0.25) is 0 Å². The van der Waals surface area contributed by atoms with Crippen molar-refractivity contribution in [1.82, 2.24) is 5.32 Å². The van der Waals surface area contributed by atoms with Crippen molar-refractivity contribution in [3.63, 3.8) is 0 Å². The van der Waals surface area contributed by atoms with Crippen molar-refractivity contribution in [1.29, 1.82) is 0 Å². The van der Waals surface area contributed by atoms with Crippen LogP contribution in [-0.2, 0) is 6.54 Å². The molecule has 1 rings (SSSR count). The van der Waals surface area contributed by atoms with Gasteiger partial charge < -0.3 is 10.2 Å². The fourth-order valence-corrected chi connectivity index (χ4v) is 2.44. The number of hydrogen-bond acceptors (Lipinski definition) is 2. The molecular weight excluding hydrogens is 244 g/mol. The van der Waals surface area contributed by atoms with E-state index in [2.05, 4.69) is 83.1 Å². The minimum Gasteiger partial charge on any atom is -0.372 e. The van der Waals surface area contributed by atoms with Crippen LogP contribution in [-0.4, -0.2) is 18.6 Å². The van der Waals surface area contributed by atoms with E-state index in [9.17, 15) is 0 Å². The van der Waals surface area contributed by atoms with Gasteiger partial charge in [-0.3, -0.25) is 0 Å². The average Bonchev–Trinajstić information content (AvgIpc) is 2.34.